The van der Waals surface area contributed by atoms with Gasteiger partial charge in [0.25, 0.3) is 0 Å². The van der Waals surface area contributed by atoms with Crippen LogP contribution in [-0.4, -0.2) is 11.1 Å². The molecule has 1 aromatic heterocycles. The molecule has 1 aromatic carbocycles. The molecule has 0 fully saturated rings. The quantitative estimate of drug-likeness (QED) is 0.676. The minimum Gasteiger partial charge on any atom is -0.478 e. The number of thiophene rings is 1. The zero-order valence-electron chi connectivity index (χ0n) is 9.17. The number of carboxylic acids is 1. The first-order valence-electron chi connectivity index (χ1n) is 5.05. The summed E-state index contributed by atoms with van der Waals surface area (Å²) in [6.07, 6.45) is 0. The molecule has 2 aromatic rings. The van der Waals surface area contributed by atoms with Crippen LogP contribution in [0.2, 0.25) is 0 Å². The minimum absolute atomic E-state index is 0.241. The van der Waals surface area contributed by atoms with Gasteiger partial charge in [-0.15, -0.1) is 0 Å². The Hall–Kier alpha value is -1.59. The maximum Gasteiger partial charge on any atom is 0.336 e. The molecule has 92 valence electrons. The second kappa shape index (κ2) is 5.84. The van der Waals surface area contributed by atoms with Crippen LogP contribution in [0.5, 0.6) is 0 Å². The smallest absolute Gasteiger partial charge is 0.336 e. The zero-order valence-corrected chi connectivity index (χ0v) is 10.8. The van der Waals surface area contributed by atoms with E-state index in [0.717, 1.165) is 4.90 Å². The van der Waals surface area contributed by atoms with Gasteiger partial charge in [-0.05, 0) is 46.5 Å². The van der Waals surface area contributed by atoms with Gasteiger partial charge in [0.05, 0.1) is 5.57 Å². The van der Waals surface area contributed by atoms with Crippen molar-refractivity contribution in [1.29, 1.82) is 0 Å². The van der Waals surface area contributed by atoms with Crippen LogP contribution in [-0.2, 0) is 4.79 Å². The zero-order chi connectivity index (χ0) is 13.0. The number of rotatable bonds is 4. The first kappa shape index (κ1) is 12.9. The molecule has 0 aliphatic heterocycles. The highest BCUT2D eigenvalue weighted by molar-refractivity contribution is 8.02. The predicted molar refractivity (Wildman–Crippen MR) is 72.2 cm³/mol. The van der Waals surface area contributed by atoms with Crippen molar-refractivity contribution in [3.05, 3.63) is 57.9 Å². The molecule has 2 nitrogen and oxygen atoms in total. The maximum absolute atomic E-state index is 12.7. The molecule has 0 saturated carbocycles. The van der Waals surface area contributed by atoms with Gasteiger partial charge in [0.15, 0.2) is 0 Å². The van der Waals surface area contributed by atoms with E-state index < -0.39 is 5.97 Å². The Morgan fingerprint density at radius 3 is 2.56 bits per heavy atom. The van der Waals surface area contributed by atoms with Gasteiger partial charge in [-0.3, -0.25) is 0 Å². The van der Waals surface area contributed by atoms with Gasteiger partial charge in [0.2, 0.25) is 0 Å². The fourth-order valence-corrected chi connectivity index (χ4v) is 2.74. The molecule has 1 heterocycles. The van der Waals surface area contributed by atoms with E-state index in [0.29, 0.717) is 5.56 Å². The van der Waals surface area contributed by atoms with E-state index in [-0.39, 0.29) is 11.4 Å². The molecule has 0 aliphatic rings. The number of thioether (sulfide) groups is 1. The van der Waals surface area contributed by atoms with Gasteiger partial charge >= 0.3 is 5.97 Å². The third-order valence-corrected chi connectivity index (χ3v) is 3.77. The van der Waals surface area contributed by atoms with Crippen molar-refractivity contribution in [2.45, 2.75) is 4.90 Å². The van der Waals surface area contributed by atoms with Crippen molar-refractivity contribution < 1.29 is 14.3 Å². The molecular formula is C13H9FO2S2. The lowest BCUT2D eigenvalue weighted by Gasteiger charge is -2.00. The topological polar surface area (TPSA) is 37.3 Å². The van der Waals surface area contributed by atoms with Gasteiger partial charge in [0.1, 0.15) is 5.82 Å². The van der Waals surface area contributed by atoms with Crippen LogP contribution in [0.1, 0.15) is 5.56 Å². The summed E-state index contributed by atoms with van der Waals surface area (Å²) in [7, 11) is 0. The van der Waals surface area contributed by atoms with E-state index in [1.54, 1.807) is 29.0 Å². The van der Waals surface area contributed by atoms with Crippen molar-refractivity contribution >= 4 is 34.6 Å². The molecule has 0 unspecified atom stereocenters. The van der Waals surface area contributed by atoms with Crippen molar-refractivity contribution in [2.24, 2.45) is 0 Å². The summed E-state index contributed by atoms with van der Waals surface area (Å²) in [6, 6.07) is 7.69. The molecule has 0 bridgehead atoms. The summed E-state index contributed by atoms with van der Waals surface area (Å²) < 4.78 is 12.7. The first-order valence-corrected chi connectivity index (χ1v) is 6.87. The predicted octanol–water partition coefficient (Wildman–Crippen LogP) is 4.11. The van der Waals surface area contributed by atoms with Crippen LogP contribution in [0.15, 0.2) is 51.4 Å². The third kappa shape index (κ3) is 3.21. The van der Waals surface area contributed by atoms with E-state index in [9.17, 15) is 9.18 Å². The summed E-state index contributed by atoms with van der Waals surface area (Å²) in [5, 5.41) is 14.3. The number of hydrogen-bond acceptors (Lipinski definition) is 3. The Morgan fingerprint density at radius 2 is 2.00 bits per heavy atom. The fraction of sp³-hybridized carbons (Fsp3) is 0. The van der Waals surface area contributed by atoms with E-state index in [1.165, 1.54) is 35.2 Å². The van der Waals surface area contributed by atoms with Crippen molar-refractivity contribution in [1.82, 2.24) is 0 Å². The third-order valence-electron chi connectivity index (χ3n) is 2.19. The number of halogens is 1. The summed E-state index contributed by atoms with van der Waals surface area (Å²) in [5.41, 5.74) is 0.924. The molecule has 0 aliphatic carbocycles. The Labute approximate surface area is 112 Å². The van der Waals surface area contributed by atoms with Gasteiger partial charge in [-0.1, -0.05) is 11.8 Å². The monoisotopic (exact) mass is 280 g/mol. The maximum atomic E-state index is 12.7. The van der Waals surface area contributed by atoms with Crippen molar-refractivity contribution in [3.8, 4) is 0 Å². The molecule has 1 N–H and O–H groups in total. The Balaban J connectivity index is 2.20. The number of carboxylic acid groups (broad SMARTS) is 1. The van der Waals surface area contributed by atoms with Crippen LogP contribution in [0.3, 0.4) is 0 Å². The van der Waals surface area contributed by atoms with Crippen molar-refractivity contribution in [3.63, 3.8) is 0 Å². The summed E-state index contributed by atoms with van der Waals surface area (Å²) >= 11 is 2.70. The molecule has 2 rings (SSSR count). The fourth-order valence-electron chi connectivity index (χ4n) is 1.30. The molecule has 18 heavy (non-hydrogen) atoms. The average Bonchev–Trinajstić information content (AvgIpc) is 2.85. The summed E-state index contributed by atoms with van der Waals surface area (Å²) in [4.78, 5) is 11.9. The first-order chi connectivity index (χ1) is 8.66. The lowest BCUT2D eigenvalue weighted by Crippen LogP contribution is -1.97. The van der Waals surface area contributed by atoms with E-state index in [2.05, 4.69) is 0 Å². The second-order valence-electron chi connectivity index (χ2n) is 3.42. The molecule has 0 radical (unpaired) electrons. The molecule has 0 saturated heterocycles. The highest BCUT2D eigenvalue weighted by Gasteiger charge is 2.10. The van der Waals surface area contributed by atoms with Crippen molar-refractivity contribution in [2.75, 3.05) is 0 Å². The van der Waals surface area contributed by atoms with Gasteiger partial charge in [0, 0.05) is 10.5 Å². The molecule has 0 spiro atoms. The van der Waals surface area contributed by atoms with Crippen LogP contribution in [0, 0.1) is 5.82 Å². The van der Waals surface area contributed by atoms with Gasteiger partial charge < -0.3 is 5.11 Å². The number of benzene rings is 1. The lowest BCUT2D eigenvalue weighted by atomic mass is 10.2. The molecule has 0 amide bonds. The standard InChI is InChI=1S/C13H9FO2S2/c14-10-1-3-11(4-2-10)18-8-12(13(15)16)9-5-6-17-7-9/h1-8H,(H,15,16). The van der Waals surface area contributed by atoms with Crippen LogP contribution >= 0.6 is 23.1 Å². The Morgan fingerprint density at radius 1 is 1.28 bits per heavy atom. The average molecular weight is 280 g/mol. The van der Waals surface area contributed by atoms with Crippen LogP contribution in [0.25, 0.3) is 5.57 Å². The van der Waals surface area contributed by atoms with E-state index in [4.69, 9.17) is 5.11 Å². The van der Waals surface area contributed by atoms with E-state index >= 15 is 0 Å². The minimum atomic E-state index is -0.969. The van der Waals surface area contributed by atoms with Crippen LogP contribution in [0.4, 0.5) is 4.39 Å². The Bertz CT molecular complexity index is 559. The highest BCUT2D eigenvalue weighted by Crippen LogP contribution is 2.26. The molecule has 5 heteroatoms. The van der Waals surface area contributed by atoms with Gasteiger partial charge in [-0.2, -0.15) is 11.3 Å². The summed E-state index contributed by atoms with van der Waals surface area (Å²) in [6.45, 7) is 0. The summed E-state index contributed by atoms with van der Waals surface area (Å²) in [5.74, 6) is -1.28. The second-order valence-corrected chi connectivity index (χ2v) is 5.14. The normalized spacial score (nSPS) is 11.5. The van der Waals surface area contributed by atoms with E-state index in [1.807, 2.05) is 5.38 Å². The largest absolute Gasteiger partial charge is 0.478 e. The van der Waals surface area contributed by atoms with Crippen LogP contribution < -0.4 is 0 Å². The Kier molecular flexibility index (Phi) is 4.17. The van der Waals surface area contributed by atoms with Gasteiger partial charge in [-0.25, -0.2) is 9.18 Å². The number of aliphatic carboxylic acids is 1. The molecular weight excluding hydrogens is 271 g/mol. The number of hydrogen-bond donors (Lipinski definition) is 1. The lowest BCUT2D eigenvalue weighted by molar-refractivity contribution is -0.130. The SMILES string of the molecule is O=C(O)C(=CSc1ccc(F)cc1)c1ccsc1. The highest BCUT2D eigenvalue weighted by atomic mass is 32.2. The number of carbonyl (C=O) groups is 1. The molecule has 0 atom stereocenters.